The van der Waals surface area contributed by atoms with Crippen LogP contribution in [0.3, 0.4) is 0 Å². The van der Waals surface area contributed by atoms with Crippen molar-refractivity contribution in [1.29, 1.82) is 0 Å². The number of aromatic carboxylic acids is 1. The Kier molecular flexibility index (Phi) is 3.50. The van der Waals surface area contributed by atoms with Gasteiger partial charge in [0.05, 0.1) is 4.88 Å². The van der Waals surface area contributed by atoms with Gasteiger partial charge >= 0.3 is 5.97 Å². The second-order valence-electron chi connectivity index (χ2n) is 3.94. The minimum absolute atomic E-state index is 0.0946. The van der Waals surface area contributed by atoms with Gasteiger partial charge in [0.2, 0.25) is 0 Å². The van der Waals surface area contributed by atoms with Crippen molar-refractivity contribution in [3.05, 3.63) is 40.3 Å². The van der Waals surface area contributed by atoms with E-state index < -0.39 is 11.9 Å². The lowest BCUT2D eigenvalue weighted by molar-refractivity contribution is 0.0690. The Labute approximate surface area is 126 Å². The number of anilines is 1. The number of amides is 1. The summed E-state index contributed by atoms with van der Waals surface area (Å²) in [5, 5.41) is 21.6. The molecule has 0 spiro atoms. The van der Waals surface area contributed by atoms with Crippen LogP contribution in [0.25, 0.3) is 9.88 Å². The lowest BCUT2D eigenvalue weighted by Crippen LogP contribution is -2.12. The van der Waals surface area contributed by atoms with Crippen LogP contribution >= 0.6 is 22.7 Å². The number of carboxylic acid groups (broad SMARTS) is 1. The fourth-order valence-corrected chi connectivity index (χ4v) is 3.18. The van der Waals surface area contributed by atoms with E-state index >= 15 is 0 Å². The molecule has 3 rings (SSSR count). The molecule has 106 valence electrons. The van der Waals surface area contributed by atoms with Crippen molar-refractivity contribution < 1.29 is 14.7 Å². The summed E-state index contributed by atoms with van der Waals surface area (Å²) in [6.07, 6.45) is 0. The molecule has 21 heavy (non-hydrogen) atoms. The largest absolute Gasteiger partial charge is 0.477 e. The molecule has 0 unspecified atom stereocenters. The zero-order valence-electron chi connectivity index (χ0n) is 10.4. The average Bonchev–Trinajstić information content (AvgIpc) is 3.19. The van der Waals surface area contributed by atoms with Gasteiger partial charge in [-0.05, 0) is 11.4 Å². The summed E-state index contributed by atoms with van der Waals surface area (Å²) in [4.78, 5) is 28.0. The van der Waals surface area contributed by atoms with Crippen molar-refractivity contribution >= 4 is 40.4 Å². The molecule has 0 bridgehead atoms. The van der Waals surface area contributed by atoms with Gasteiger partial charge in [0.25, 0.3) is 5.91 Å². The highest BCUT2D eigenvalue weighted by molar-refractivity contribution is 7.20. The quantitative estimate of drug-likeness (QED) is 0.684. The molecule has 3 N–H and O–H groups in total. The average molecular weight is 320 g/mol. The standard InChI is InChI=1S/C12H8N4O3S2/c17-10(14-9-4-6(12(18)19)15-16-9)7-5-21-11(13-7)8-2-1-3-20-8/h1-5H,(H,18,19)(H2,14,15,16,17). The monoisotopic (exact) mass is 320 g/mol. The molecule has 0 fully saturated rings. The van der Waals surface area contributed by atoms with E-state index in [0.29, 0.717) is 0 Å². The normalized spacial score (nSPS) is 10.5. The molecule has 0 saturated heterocycles. The molecule has 1 amide bonds. The van der Waals surface area contributed by atoms with Crippen molar-refractivity contribution in [2.45, 2.75) is 0 Å². The van der Waals surface area contributed by atoms with E-state index in [9.17, 15) is 9.59 Å². The van der Waals surface area contributed by atoms with Crippen molar-refractivity contribution in [1.82, 2.24) is 15.2 Å². The van der Waals surface area contributed by atoms with E-state index in [1.807, 2.05) is 17.5 Å². The fourth-order valence-electron chi connectivity index (χ4n) is 1.57. The van der Waals surface area contributed by atoms with Gasteiger partial charge in [-0.1, -0.05) is 6.07 Å². The van der Waals surface area contributed by atoms with Crippen molar-refractivity contribution in [2.24, 2.45) is 0 Å². The lowest BCUT2D eigenvalue weighted by Gasteiger charge is -1.96. The summed E-state index contributed by atoms with van der Waals surface area (Å²) < 4.78 is 0. The van der Waals surface area contributed by atoms with E-state index in [0.717, 1.165) is 9.88 Å². The number of carbonyl (C=O) groups is 2. The minimum Gasteiger partial charge on any atom is -0.477 e. The zero-order valence-corrected chi connectivity index (χ0v) is 12.0. The zero-order chi connectivity index (χ0) is 14.8. The smallest absolute Gasteiger partial charge is 0.353 e. The number of carboxylic acids is 1. The molecule has 0 aliphatic heterocycles. The highest BCUT2D eigenvalue weighted by Crippen LogP contribution is 2.27. The third kappa shape index (κ3) is 2.83. The molecule has 7 nitrogen and oxygen atoms in total. The van der Waals surface area contributed by atoms with Crippen LogP contribution in [0.4, 0.5) is 5.82 Å². The first-order valence-corrected chi connectivity index (χ1v) is 7.49. The highest BCUT2D eigenvalue weighted by Gasteiger charge is 2.15. The van der Waals surface area contributed by atoms with Gasteiger partial charge < -0.3 is 10.4 Å². The summed E-state index contributed by atoms with van der Waals surface area (Å²) in [5.74, 6) is -1.43. The van der Waals surface area contributed by atoms with Crippen LogP contribution in [0.15, 0.2) is 29.0 Å². The number of hydrogen-bond acceptors (Lipinski definition) is 6. The molecule has 0 aliphatic carbocycles. The number of carbonyl (C=O) groups excluding carboxylic acids is 1. The number of thiazole rings is 1. The number of aromatic amines is 1. The first-order valence-electron chi connectivity index (χ1n) is 5.73. The van der Waals surface area contributed by atoms with Crippen LogP contribution in [0, 0.1) is 0 Å². The maximum absolute atomic E-state index is 12.0. The van der Waals surface area contributed by atoms with Crippen molar-refractivity contribution in [3.8, 4) is 9.88 Å². The Morgan fingerprint density at radius 3 is 2.86 bits per heavy atom. The molecule has 0 atom stereocenters. The molecule has 3 heterocycles. The molecule has 0 aromatic carbocycles. The topological polar surface area (TPSA) is 108 Å². The summed E-state index contributed by atoms with van der Waals surface area (Å²) in [7, 11) is 0. The number of rotatable bonds is 4. The number of nitrogens with one attached hydrogen (secondary N) is 2. The van der Waals surface area contributed by atoms with Gasteiger partial charge in [-0.3, -0.25) is 9.89 Å². The van der Waals surface area contributed by atoms with Gasteiger partial charge in [-0.25, -0.2) is 9.78 Å². The molecule has 0 radical (unpaired) electrons. The predicted molar refractivity (Wildman–Crippen MR) is 78.9 cm³/mol. The van der Waals surface area contributed by atoms with E-state index in [2.05, 4.69) is 20.5 Å². The van der Waals surface area contributed by atoms with E-state index in [1.165, 1.54) is 17.4 Å². The number of nitrogens with zero attached hydrogens (tertiary/aromatic N) is 2. The second-order valence-corrected chi connectivity index (χ2v) is 5.75. The van der Waals surface area contributed by atoms with Gasteiger partial charge in [0.15, 0.2) is 5.82 Å². The maximum atomic E-state index is 12.0. The van der Waals surface area contributed by atoms with Crippen LogP contribution in [0.5, 0.6) is 0 Å². The third-order valence-corrected chi connectivity index (χ3v) is 4.40. The van der Waals surface area contributed by atoms with Crippen LogP contribution < -0.4 is 5.32 Å². The summed E-state index contributed by atoms with van der Waals surface area (Å²) in [6, 6.07) is 5.09. The first kappa shape index (κ1) is 13.5. The lowest BCUT2D eigenvalue weighted by atomic mass is 10.4. The van der Waals surface area contributed by atoms with Gasteiger partial charge in [-0.2, -0.15) is 5.10 Å². The van der Waals surface area contributed by atoms with Crippen molar-refractivity contribution in [3.63, 3.8) is 0 Å². The molecular formula is C12H8N4O3S2. The molecule has 0 aliphatic rings. The third-order valence-electron chi connectivity index (χ3n) is 2.52. The van der Waals surface area contributed by atoms with E-state index in [1.54, 1.807) is 16.7 Å². The predicted octanol–water partition coefficient (Wildman–Crippen LogP) is 2.55. The minimum atomic E-state index is -1.14. The summed E-state index contributed by atoms with van der Waals surface area (Å²) in [5.41, 5.74) is 0.172. The molecular weight excluding hydrogens is 312 g/mol. The second kappa shape index (κ2) is 5.46. The van der Waals surface area contributed by atoms with Gasteiger partial charge in [-0.15, -0.1) is 22.7 Å². The molecule has 0 saturated carbocycles. The molecule has 3 aromatic heterocycles. The number of aromatic nitrogens is 3. The van der Waals surface area contributed by atoms with Gasteiger partial charge in [0.1, 0.15) is 16.4 Å². The summed E-state index contributed by atoms with van der Waals surface area (Å²) in [6.45, 7) is 0. The number of hydrogen-bond donors (Lipinski definition) is 3. The Morgan fingerprint density at radius 1 is 1.33 bits per heavy atom. The number of H-pyrrole nitrogens is 1. The van der Waals surface area contributed by atoms with Crippen LogP contribution in [-0.4, -0.2) is 32.2 Å². The van der Waals surface area contributed by atoms with E-state index in [4.69, 9.17) is 5.11 Å². The first-order chi connectivity index (χ1) is 10.1. The van der Waals surface area contributed by atoms with Crippen LogP contribution in [-0.2, 0) is 0 Å². The molecule has 9 heteroatoms. The van der Waals surface area contributed by atoms with Crippen molar-refractivity contribution in [2.75, 3.05) is 5.32 Å². The Hall–Kier alpha value is -2.52. The highest BCUT2D eigenvalue weighted by atomic mass is 32.1. The maximum Gasteiger partial charge on any atom is 0.353 e. The van der Waals surface area contributed by atoms with Gasteiger partial charge in [0, 0.05) is 11.4 Å². The Bertz CT molecular complexity index is 791. The Balaban J connectivity index is 1.74. The fraction of sp³-hybridized carbons (Fsp3) is 0. The summed E-state index contributed by atoms with van der Waals surface area (Å²) >= 11 is 2.92. The van der Waals surface area contributed by atoms with Crippen LogP contribution in [0.2, 0.25) is 0 Å². The van der Waals surface area contributed by atoms with E-state index in [-0.39, 0.29) is 17.2 Å². The SMILES string of the molecule is O=C(Nc1cc(C(=O)O)[nH]n1)c1csc(-c2cccs2)n1. The Morgan fingerprint density at radius 2 is 2.19 bits per heavy atom. The van der Waals surface area contributed by atoms with Crippen LogP contribution in [0.1, 0.15) is 21.0 Å². The molecule has 3 aromatic rings. The number of thiophene rings is 1.